The van der Waals surface area contributed by atoms with Crippen LogP contribution in [0.4, 0.5) is 0 Å². The second-order valence-electron chi connectivity index (χ2n) is 7.79. The van der Waals surface area contributed by atoms with Gasteiger partial charge < -0.3 is 49.6 Å². The number of rotatable bonds is 9. The first-order valence-electron chi connectivity index (χ1n) is 10.5. The van der Waals surface area contributed by atoms with Gasteiger partial charge in [0.2, 0.25) is 6.29 Å². The van der Waals surface area contributed by atoms with E-state index in [4.69, 9.17) is 18.9 Å². The number of ether oxygens (including phenoxy) is 4. The van der Waals surface area contributed by atoms with E-state index in [0.29, 0.717) is 17.9 Å². The molecule has 5 atom stereocenters. The molecule has 1 saturated heterocycles. The molecule has 2 aromatic carbocycles. The fourth-order valence-electron chi connectivity index (χ4n) is 3.78. The predicted molar refractivity (Wildman–Crippen MR) is 116 cm³/mol. The van der Waals surface area contributed by atoms with Crippen LogP contribution in [0.2, 0.25) is 0 Å². The Bertz CT molecular complexity index is 1010. The summed E-state index contributed by atoms with van der Waals surface area (Å²) in [6, 6.07) is 7.71. The van der Waals surface area contributed by atoms with Gasteiger partial charge in [-0.3, -0.25) is 0 Å². The lowest BCUT2D eigenvalue weighted by atomic mass is 9.98. The largest absolute Gasteiger partial charge is 0.507 e. The smallest absolute Gasteiger partial charge is 0.339 e. The highest BCUT2D eigenvalue weighted by Crippen LogP contribution is 2.33. The van der Waals surface area contributed by atoms with E-state index < -0.39 is 49.0 Å². The van der Waals surface area contributed by atoms with Crippen LogP contribution in [-0.2, 0) is 17.6 Å². The number of aliphatic hydroxyl groups excluding tert-OH is 4. The Morgan fingerprint density at radius 3 is 2.29 bits per heavy atom. The summed E-state index contributed by atoms with van der Waals surface area (Å²) in [4.78, 5) is 11.8. The first kappa shape index (κ1) is 25.5. The molecule has 6 N–H and O–H groups in total. The van der Waals surface area contributed by atoms with Crippen LogP contribution >= 0.6 is 0 Å². The van der Waals surface area contributed by atoms with E-state index >= 15 is 0 Å². The Morgan fingerprint density at radius 2 is 1.68 bits per heavy atom. The lowest BCUT2D eigenvalue weighted by Gasteiger charge is -2.39. The van der Waals surface area contributed by atoms with Crippen LogP contribution < -0.4 is 14.2 Å². The van der Waals surface area contributed by atoms with E-state index in [1.807, 2.05) is 0 Å². The van der Waals surface area contributed by atoms with Crippen LogP contribution in [0.5, 0.6) is 23.0 Å². The van der Waals surface area contributed by atoms with Gasteiger partial charge in [-0.15, -0.1) is 0 Å². The zero-order chi connectivity index (χ0) is 25.0. The van der Waals surface area contributed by atoms with Gasteiger partial charge in [0.1, 0.15) is 41.5 Å². The molecule has 0 aliphatic carbocycles. The van der Waals surface area contributed by atoms with Crippen LogP contribution in [0.3, 0.4) is 0 Å². The Balaban J connectivity index is 1.85. The summed E-state index contributed by atoms with van der Waals surface area (Å²) in [5.74, 6) is -0.865. The maximum Gasteiger partial charge on any atom is 0.339 e. The van der Waals surface area contributed by atoms with Gasteiger partial charge in [0.15, 0.2) is 11.5 Å². The summed E-state index contributed by atoms with van der Waals surface area (Å²) in [7, 11) is 3.02. The SMILES string of the molecule is COc1ccc(CCc2cc(O[C@H]3O[C@H](CO)[C@@H](O)[C@H](O)[C@H]3O)cc(O)c2C(=O)O)cc1OC. The fourth-order valence-corrected chi connectivity index (χ4v) is 3.78. The van der Waals surface area contributed by atoms with Crippen molar-refractivity contribution in [2.45, 2.75) is 43.5 Å². The zero-order valence-electron chi connectivity index (χ0n) is 18.6. The number of aromatic carboxylic acids is 1. The van der Waals surface area contributed by atoms with Crippen LogP contribution in [0.15, 0.2) is 30.3 Å². The minimum atomic E-state index is -1.66. The molecule has 0 aromatic heterocycles. The van der Waals surface area contributed by atoms with Crippen molar-refractivity contribution >= 4 is 5.97 Å². The molecule has 1 aliphatic rings. The molecule has 0 bridgehead atoms. The third kappa shape index (κ3) is 5.34. The zero-order valence-corrected chi connectivity index (χ0v) is 18.6. The van der Waals surface area contributed by atoms with Crippen molar-refractivity contribution in [2.75, 3.05) is 20.8 Å². The second-order valence-corrected chi connectivity index (χ2v) is 7.79. The van der Waals surface area contributed by atoms with Crippen molar-refractivity contribution in [3.8, 4) is 23.0 Å². The highest BCUT2D eigenvalue weighted by atomic mass is 16.7. The predicted octanol–water partition coefficient (Wildman–Crippen LogP) is 0.0715. The van der Waals surface area contributed by atoms with Crippen molar-refractivity contribution in [2.24, 2.45) is 0 Å². The number of benzene rings is 2. The third-order valence-corrected chi connectivity index (χ3v) is 5.62. The number of carboxylic acid groups (broad SMARTS) is 1. The number of carbonyl (C=O) groups is 1. The number of aromatic hydroxyl groups is 1. The van der Waals surface area contributed by atoms with Gasteiger partial charge in [0, 0.05) is 6.07 Å². The van der Waals surface area contributed by atoms with E-state index in [9.17, 15) is 35.4 Å². The summed E-state index contributed by atoms with van der Waals surface area (Å²) < 4.78 is 21.4. The Hall–Kier alpha value is -3.09. The first-order valence-corrected chi connectivity index (χ1v) is 10.5. The maximum absolute atomic E-state index is 11.8. The lowest BCUT2D eigenvalue weighted by Crippen LogP contribution is -2.60. The molecule has 0 spiro atoms. The van der Waals surface area contributed by atoms with Crippen LogP contribution in [0, 0.1) is 0 Å². The molecule has 0 saturated carbocycles. The van der Waals surface area contributed by atoms with Gasteiger partial charge in [0.25, 0.3) is 0 Å². The van der Waals surface area contributed by atoms with E-state index in [-0.39, 0.29) is 23.3 Å². The number of hydrogen-bond acceptors (Lipinski definition) is 10. The third-order valence-electron chi connectivity index (χ3n) is 5.62. The molecule has 1 aliphatic heterocycles. The van der Waals surface area contributed by atoms with E-state index in [2.05, 4.69) is 0 Å². The molecular formula is C23H28O11. The highest BCUT2D eigenvalue weighted by Gasteiger charge is 2.44. The summed E-state index contributed by atoms with van der Waals surface area (Å²) in [5, 5.41) is 59.3. The molecule has 2 aromatic rings. The van der Waals surface area contributed by atoms with Gasteiger partial charge in [-0.05, 0) is 42.2 Å². The number of hydrogen-bond donors (Lipinski definition) is 6. The van der Waals surface area contributed by atoms with Crippen molar-refractivity contribution in [3.63, 3.8) is 0 Å². The second kappa shape index (κ2) is 10.9. The van der Waals surface area contributed by atoms with Gasteiger partial charge >= 0.3 is 5.97 Å². The average Bonchev–Trinajstić information content (AvgIpc) is 2.82. The molecule has 0 amide bonds. The molecule has 0 radical (unpaired) electrons. The molecular weight excluding hydrogens is 452 g/mol. The van der Waals surface area contributed by atoms with Gasteiger partial charge in [-0.1, -0.05) is 6.07 Å². The molecule has 1 fully saturated rings. The van der Waals surface area contributed by atoms with Gasteiger partial charge in [-0.2, -0.15) is 0 Å². The number of aryl methyl sites for hydroxylation is 2. The quantitative estimate of drug-likeness (QED) is 0.286. The van der Waals surface area contributed by atoms with E-state index in [1.165, 1.54) is 20.3 Å². The number of carboxylic acids is 1. The lowest BCUT2D eigenvalue weighted by molar-refractivity contribution is -0.277. The molecule has 11 heteroatoms. The summed E-state index contributed by atoms with van der Waals surface area (Å²) in [6.45, 7) is -0.634. The number of methoxy groups -OCH3 is 2. The summed E-state index contributed by atoms with van der Waals surface area (Å²) in [6.07, 6.45) is -6.93. The molecule has 34 heavy (non-hydrogen) atoms. The van der Waals surface area contributed by atoms with Crippen molar-refractivity contribution in [1.29, 1.82) is 0 Å². The number of phenols is 1. The average molecular weight is 480 g/mol. The van der Waals surface area contributed by atoms with Gasteiger partial charge in [-0.25, -0.2) is 4.79 Å². The Morgan fingerprint density at radius 1 is 0.971 bits per heavy atom. The van der Waals surface area contributed by atoms with Gasteiger partial charge in [0.05, 0.1) is 20.8 Å². The minimum absolute atomic E-state index is 0.0332. The summed E-state index contributed by atoms with van der Waals surface area (Å²) >= 11 is 0. The molecule has 11 nitrogen and oxygen atoms in total. The normalized spacial score (nSPS) is 24.5. The highest BCUT2D eigenvalue weighted by molar-refractivity contribution is 5.93. The maximum atomic E-state index is 11.8. The molecule has 186 valence electrons. The topological polar surface area (TPSA) is 175 Å². The molecule has 0 unspecified atom stereocenters. The van der Waals surface area contributed by atoms with Crippen LogP contribution in [0.25, 0.3) is 0 Å². The van der Waals surface area contributed by atoms with E-state index in [1.54, 1.807) is 18.2 Å². The standard InChI is InChI=1S/C23H28O11/c1-31-15-6-4-11(7-16(15)32-2)3-5-12-8-13(9-14(25)18(12)22(29)30)33-23-21(28)20(27)19(26)17(10-24)34-23/h4,6-9,17,19-21,23-28H,3,5,10H2,1-2H3,(H,29,30)/t17-,19-,20+,21-,23+/m1/s1. The number of aliphatic hydroxyl groups is 4. The monoisotopic (exact) mass is 480 g/mol. The van der Waals surface area contributed by atoms with Crippen molar-refractivity contribution < 1.29 is 54.4 Å². The van der Waals surface area contributed by atoms with Crippen LogP contribution in [0.1, 0.15) is 21.5 Å². The first-order chi connectivity index (χ1) is 16.2. The molecule has 3 rings (SSSR count). The Labute approximate surface area is 195 Å². The van der Waals surface area contributed by atoms with E-state index in [0.717, 1.165) is 11.6 Å². The minimum Gasteiger partial charge on any atom is -0.507 e. The fraction of sp³-hybridized carbons (Fsp3) is 0.435. The molecule has 1 heterocycles. The summed E-state index contributed by atoms with van der Waals surface area (Å²) in [5.41, 5.74) is 0.775. The Kier molecular flexibility index (Phi) is 8.18. The van der Waals surface area contributed by atoms with Crippen molar-refractivity contribution in [1.82, 2.24) is 0 Å². The van der Waals surface area contributed by atoms with Crippen LogP contribution in [-0.4, -0.2) is 88.1 Å². The van der Waals surface area contributed by atoms with Crippen molar-refractivity contribution in [3.05, 3.63) is 47.0 Å².